The fourth-order valence-corrected chi connectivity index (χ4v) is 0.430. The largest absolute Gasteiger partial charge is 0.289 e. The Hall–Kier alpha value is -0.610. The summed E-state index contributed by atoms with van der Waals surface area (Å²) in [5.74, 6) is 0.0756. The van der Waals surface area contributed by atoms with E-state index in [1.807, 2.05) is 0 Å². The summed E-state index contributed by atoms with van der Waals surface area (Å²) in [4.78, 5) is 18.1. The van der Waals surface area contributed by atoms with Crippen molar-refractivity contribution in [2.24, 2.45) is 4.99 Å². The van der Waals surface area contributed by atoms with E-state index in [9.17, 15) is 4.79 Å². The Morgan fingerprint density at radius 3 is 3.00 bits per heavy atom. The second kappa shape index (κ2) is 2.11. The first-order chi connectivity index (χ1) is 3.80. The Kier molecular flexibility index (Phi) is 1.45. The molecule has 0 aliphatic carbocycles. The normalized spacial score (nSPS) is 17.4. The number of aliphatic imine (C=N–C) groups is 1. The van der Waals surface area contributed by atoms with Gasteiger partial charge in [-0.2, -0.15) is 0 Å². The van der Waals surface area contributed by atoms with Crippen LogP contribution in [0.3, 0.4) is 0 Å². The highest BCUT2D eigenvalue weighted by atomic mass is 35.5. The Morgan fingerprint density at radius 2 is 2.75 bits per heavy atom. The second-order valence-corrected chi connectivity index (χ2v) is 1.50. The van der Waals surface area contributed by atoms with E-state index >= 15 is 0 Å². The van der Waals surface area contributed by atoms with Crippen LogP contribution in [0.1, 0.15) is 0 Å². The average Bonchev–Trinajstić information content (AvgIpc) is 2.12. The highest BCUT2D eigenvalue weighted by Crippen LogP contribution is 1.90. The van der Waals surface area contributed by atoms with Gasteiger partial charge in [0.2, 0.25) is 5.84 Å². The summed E-state index contributed by atoms with van der Waals surface area (Å²) in [6.07, 6.45) is 0. The maximum Gasteiger partial charge on any atom is 0.289 e. The summed E-state index contributed by atoms with van der Waals surface area (Å²) in [5.41, 5.74) is 2.22. The van der Waals surface area contributed by atoms with Crippen molar-refractivity contribution in [3.63, 3.8) is 0 Å². The van der Waals surface area contributed by atoms with Crippen LogP contribution in [-0.2, 0) is 9.63 Å². The van der Waals surface area contributed by atoms with Crippen LogP contribution in [0.2, 0.25) is 0 Å². The van der Waals surface area contributed by atoms with Crippen LogP contribution in [0.15, 0.2) is 4.99 Å². The van der Waals surface area contributed by atoms with Crippen LogP contribution in [0, 0.1) is 0 Å². The highest BCUT2D eigenvalue weighted by molar-refractivity contribution is 6.81. The van der Waals surface area contributed by atoms with Gasteiger partial charge >= 0.3 is 0 Å². The van der Waals surface area contributed by atoms with Gasteiger partial charge in [-0.1, -0.05) is 0 Å². The Morgan fingerprint density at radius 1 is 2.00 bits per heavy atom. The number of halogens is 1. The van der Waals surface area contributed by atoms with Crippen LogP contribution >= 0.6 is 11.6 Å². The van der Waals surface area contributed by atoms with Crippen LogP contribution in [0.5, 0.6) is 0 Å². The zero-order valence-electron chi connectivity index (χ0n) is 3.85. The fourth-order valence-electron chi connectivity index (χ4n) is 0.332. The lowest BCUT2D eigenvalue weighted by molar-refractivity contribution is -0.106. The molecule has 0 atom stereocenters. The first-order valence-electron chi connectivity index (χ1n) is 1.93. The van der Waals surface area contributed by atoms with E-state index < -0.39 is 5.24 Å². The van der Waals surface area contributed by atoms with Crippen molar-refractivity contribution in [3.05, 3.63) is 0 Å². The molecule has 1 rings (SSSR count). The molecule has 4 nitrogen and oxygen atoms in total. The molecular weight excluding hydrogens is 131 g/mol. The number of carbonyl (C=O) groups excluding carboxylic acids is 1. The van der Waals surface area contributed by atoms with E-state index in [0.717, 1.165) is 0 Å². The number of hydrogen-bond acceptors (Lipinski definition) is 4. The van der Waals surface area contributed by atoms with Crippen LogP contribution < -0.4 is 5.48 Å². The highest BCUT2D eigenvalue weighted by Gasteiger charge is 2.11. The zero-order valence-corrected chi connectivity index (χ0v) is 4.60. The minimum Gasteiger partial charge on any atom is -0.272 e. The lowest BCUT2D eigenvalue weighted by Crippen LogP contribution is -2.21. The maximum atomic E-state index is 10.1. The minimum atomic E-state index is -0.623. The molecule has 1 aliphatic heterocycles. The first-order valence-corrected chi connectivity index (χ1v) is 2.30. The minimum absolute atomic E-state index is 0.0756. The van der Waals surface area contributed by atoms with Crippen LogP contribution in [0.25, 0.3) is 0 Å². The Balaban J connectivity index is 2.57. The van der Waals surface area contributed by atoms with E-state index in [1.165, 1.54) is 0 Å². The van der Waals surface area contributed by atoms with Crippen LogP contribution in [0.4, 0.5) is 0 Å². The molecule has 1 N–H and O–H groups in total. The number of nitrogens with zero attached hydrogens (tertiary/aromatic N) is 1. The van der Waals surface area contributed by atoms with Gasteiger partial charge in [-0.15, -0.1) is 0 Å². The monoisotopic (exact) mass is 134 g/mol. The number of nitrogens with one attached hydrogen (secondary N) is 1. The Labute approximate surface area is 50.4 Å². The molecule has 0 saturated heterocycles. The molecule has 0 aromatic carbocycles. The van der Waals surface area contributed by atoms with Crippen molar-refractivity contribution in [1.29, 1.82) is 0 Å². The molecule has 0 aromatic rings. The standard InChI is InChI=1S/C3H3ClN2O2/c4-2(7)3-5-1-8-6-3/h1H2,(H,5,6). The molecule has 44 valence electrons. The smallest absolute Gasteiger partial charge is 0.272 e. The van der Waals surface area contributed by atoms with Gasteiger partial charge in [-0.3, -0.25) is 9.63 Å². The maximum absolute atomic E-state index is 10.1. The van der Waals surface area contributed by atoms with Crippen molar-refractivity contribution >= 4 is 22.7 Å². The van der Waals surface area contributed by atoms with E-state index in [-0.39, 0.29) is 12.6 Å². The molecule has 5 heteroatoms. The predicted octanol–water partition coefficient (Wildman–Crippen LogP) is -0.357. The molecule has 1 heterocycles. The molecule has 0 bridgehead atoms. The Bertz CT molecular complexity index is 144. The van der Waals surface area contributed by atoms with Gasteiger partial charge in [0.25, 0.3) is 5.24 Å². The lowest BCUT2D eigenvalue weighted by atomic mass is 10.7. The number of amidine groups is 1. The second-order valence-electron chi connectivity index (χ2n) is 1.16. The predicted molar refractivity (Wildman–Crippen MR) is 27.4 cm³/mol. The summed E-state index contributed by atoms with van der Waals surface area (Å²) >= 11 is 4.97. The molecular formula is C3H3ClN2O2. The summed E-state index contributed by atoms with van der Waals surface area (Å²) in [6.45, 7) is 0.161. The van der Waals surface area contributed by atoms with Gasteiger partial charge < -0.3 is 0 Å². The van der Waals surface area contributed by atoms with Crippen molar-refractivity contribution in [3.8, 4) is 0 Å². The molecule has 0 saturated carbocycles. The van der Waals surface area contributed by atoms with Crippen molar-refractivity contribution in [1.82, 2.24) is 5.48 Å². The SMILES string of the molecule is O=C(Cl)C1=NCON1. The average molecular weight is 135 g/mol. The summed E-state index contributed by atoms with van der Waals surface area (Å²) in [6, 6.07) is 0. The zero-order chi connectivity index (χ0) is 5.98. The first kappa shape index (κ1) is 5.53. The number of carbonyl (C=O) groups is 1. The lowest BCUT2D eigenvalue weighted by Gasteiger charge is -1.88. The van der Waals surface area contributed by atoms with Gasteiger partial charge in [0, 0.05) is 0 Å². The van der Waals surface area contributed by atoms with Crippen LogP contribution in [-0.4, -0.2) is 17.8 Å². The third kappa shape index (κ3) is 0.962. The molecule has 0 fully saturated rings. The molecule has 0 unspecified atom stereocenters. The third-order valence-corrected chi connectivity index (χ3v) is 0.821. The van der Waals surface area contributed by atoms with Gasteiger partial charge in [-0.25, -0.2) is 10.5 Å². The van der Waals surface area contributed by atoms with E-state index in [4.69, 9.17) is 11.6 Å². The molecule has 0 radical (unpaired) electrons. The summed E-state index contributed by atoms with van der Waals surface area (Å²) in [5, 5.41) is -0.623. The molecule has 8 heavy (non-hydrogen) atoms. The molecule has 1 aliphatic rings. The van der Waals surface area contributed by atoms with E-state index in [2.05, 4.69) is 15.3 Å². The van der Waals surface area contributed by atoms with E-state index in [1.54, 1.807) is 0 Å². The summed E-state index contributed by atoms with van der Waals surface area (Å²) in [7, 11) is 0. The quantitative estimate of drug-likeness (QED) is 0.499. The van der Waals surface area contributed by atoms with Crippen molar-refractivity contribution < 1.29 is 9.63 Å². The van der Waals surface area contributed by atoms with E-state index in [0.29, 0.717) is 0 Å². The van der Waals surface area contributed by atoms with Gasteiger partial charge in [-0.05, 0) is 11.6 Å². The fraction of sp³-hybridized carbons (Fsp3) is 0.333. The van der Waals surface area contributed by atoms with Gasteiger partial charge in [0.05, 0.1) is 0 Å². The summed E-state index contributed by atoms with van der Waals surface area (Å²) < 4.78 is 0. The molecule has 0 spiro atoms. The topological polar surface area (TPSA) is 50.7 Å². The van der Waals surface area contributed by atoms with Crippen molar-refractivity contribution in [2.45, 2.75) is 0 Å². The van der Waals surface area contributed by atoms with Gasteiger partial charge in [0.1, 0.15) is 0 Å². The molecule has 0 aromatic heterocycles. The van der Waals surface area contributed by atoms with Crippen molar-refractivity contribution in [2.75, 3.05) is 6.73 Å². The molecule has 0 amide bonds. The third-order valence-electron chi connectivity index (χ3n) is 0.642. The number of hydroxylamine groups is 1. The van der Waals surface area contributed by atoms with Gasteiger partial charge in [0.15, 0.2) is 6.73 Å². The number of hydrogen-bond donors (Lipinski definition) is 1. The number of rotatable bonds is 1.